The number of hydrogen-bond donors (Lipinski definition) is 2. The number of amides is 1. The van der Waals surface area contributed by atoms with Crippen LogP contribution >= 0.6 is 0 Å². The van der Waals surface area contributed by atoms with Gasteiger partial charge >= 0.3 is 0 Å². The average Bonchev–Trinajstić information content (AvgIpc) is 3.04. The van der Waals surface area contributed by atoms with E-state index in [-0.39, 0.29) is 11.8 Å². The molecule has 8 nitrogen and oxygen atoms in total. The van der Waals surface area contributed by atoms with Crippen molar-refractivity contribution in [2.24, 2.45) is 0 Å². The van der Waals surface area contributed by atoms with Crippen LogP contribution in [0.2, 0.25) is 0 Å². The van der Waals surface area contributed by atoms with Crippen molar-refractivity contribution >= 4 is 17.5 Å². The van der Waals surface area contributed by atoms with Gasteiger partial charge in [0, 0.05) is 61.7 Å². The maximum atomic E-state index is 12.7. The fourth-order valence-electron chi connectivity index (χ4n) is 5.84. The Morgan fingerprint density at radius 3 is 2.50 bits per heavy atom. The van der Waals surface area contributed by atoms with Crippen molar-refractivity contribution in [2.75, 3.05) is 64.1 Å². The van der Waals surface area contributed by atoms with Crippen molar-refractivity contribution in [3.63, 3.8) is 0 Å². The lowest BCUT2D eigenvalue weighted by Crippen LogP contribution is -2.44. The molecule has 3 aromatic carbocycles. The summed E-state index contributed by atoms with van der Waals surface area (Å²) in [5, 5.41) is 6.45. The molecule has 1 atom stereocenters. The van der Waals surface area contributed by atoms with Crippen molar-refractivity contribution in [1.82, 2.24) is 19.8 Å². The number of likely N-dealkylation sites (N-methyl/N-ethyl adjacent to an activating group) is 1. The molecule has 1 unspecified atom stereocenters. The standard InChI is InChI=1S/C34H38N6O2/c1-39-18-20-40(21-19-39)17-5-16-35-34-36-23-26-22-31(29-6-3-4-7-30(29)32(26)38-34)24-8-12-27(13-9-24)37-33(41)25-10-14-28(42-2)15-11-25/h3-4,6-15,23,31H,5,16-22H2,1-2H3,(H,37,41)(H,35,36,38). The molecule has 1 fully saturated rings. The summed E-state index contributed by atoms with van der Waals surface area (Å²) in [5.41, 5.74) is 7.13. The lowest BCUT2D eigenvalue weighted by molar-refractivity contribution is 0.102. The molecule has 2 heterocycles. The first kappa shape index (κ1) is 27.9. The van der Waals surface area contributed by atoms with Crippen LogP contribution in [-0.4, -0.2) is 79.1 Å². The van der Waals surface area contributed by atoms with Gasteiger partial charge in [-0.3, -0.25) is 4.79 Å². The van der Waals surface area contributed by atoms with E-state index in [1.165, 1.54) is 11.1 Å². The smallest absolute Gasteiger partial charge is 0.255 e. The molecule has 6 rings (SSSR count). The lowest BCUT2D eigenvalue weighted by Gasteiger charge is -2.32. The number of benzene rings is 3. The summed E-state index contributed by atoms with van der Waals surface area (Å²) in [7, 11) is 3.80. The normalized spacial score (nSPS) is 16.8. The molecule has 4 aromatic rings. The third-order valence-corrected chi connectivity index (χ3v) is 8.33. The van der Waals surface area contributed by atoms with Crippen LogP contribution in [0.5, 0.6) is 5.75 Å². The van der Waals surface area contributed by atoms with Gasteiger partial charge in [0.25, 0.3) is 5.91 Å². The van der Waals surface area contributed by atoms with Crippen LogP contribution in [0, 0.1) is 0 Å². The molecule has 2 aliphatic rings. The van der Waals surface area contributed by atoms with Gasteiger partial charge < -0.3 is 25.2 Å². The van der Waals surface area contributed by atoms with E-state index in [9.17, 15) is 4.79 Å². The molecule has 42 heavy (non-hydrogen) atoms. The molecule has 1 amide bonds. The van der Waals surface area contributed by atoms with Gasteiger partial charge in [-0.25, -0.2) is 9.97 Å². The number of aromatic nitrogens is 2. The van der Waals surface area contributed by atoms with Gasteiger partial charge in [-0.05, 0) is 79.5 Å². The van der Waals surface area contributed by atoms with Gasteiger partial charge in [-0.15, -0.1) is 0 Å². The number of carbonyl (C=O) groups is 1. The molecule has 8 heteroatoms. The molecule has 0 bridgehead atoms. The van der Waals surface area contributed by atoms with Crippen molar-refractivity contribution in [2.45, 2.75) is 18.8 Å². The van der Waals surface area contributed by atoms with E-state index in [4.69, 9.17) is 9.72 Å². The van der Waals surface area contributed by atoms with E-state index in [1.54, 1.807) is 31.4 Å². The number of nitrogens with zero attached hydrogens (tertiary/aromatic N) is 4. The second kappa shape index (κ2) is 12.7. The number of rotatable bonds is 9. The summed E-state index contributed by atoms with van der Waals surface area (Å²) in [6, 6.07) is 23.8. The monoisotopic (exact) mass is 562 g/mol. The first-order valence-electron chi connectivity index (χ1n) is 14.7. The van der Waals surface area contributed by atoms with E-state index >= 15 is 0 Å². The second-order valence-corrected chi connectivity index (χ2v) is 11.1. The maximum absolute atomic E-state index is 12.7. The summed E-state index contributed by atoms with van der Waals surface area (Å²) in [6.45, 7) is 6.53. The summed E-state index contributed by atoms with van der Waals surface area (Å²) in [6.07, 6.45) is 3.88. The van der Waals surface area contributed by atoms with Gasteiger partial charge in [0.05, 0.1) is 12.8 Å². The Hall–Kier alpha value is -4.27. The van der Waals surface area contributed by atoms with E-state index in [1.807, 2.05) is 18.3 Å². The fraction of sp³-hybridized carbons (Fsp3) is 0.324. The molecular weight excluding hydrogens is 524 g/mol. The van der Waals surface area contributed by atoms with E-state index < -0.39 is 0 Å². The van der Waals surface area contributed by atoms with Gasteiger partial charge in [0.15, 0.2) is 0 Å². The fourth-order valence-corrected chi connectivity index (χ4v) is 5.84. The molecule has 1 saturated heterocycles. The number of anilines is 2. The molecule has 0 spiro atoms. The highest BCUT2D eigenvalue weighted by atomic mass is 16.5. The van der Waals surface area contributed by atoms with Gasteiger partial charge in [-0.2, -0.15) is 0 Å². The molecule has 2 N–H and O–H groups in total. The number of piperazine rings is 1. The van der Waals surface area contributed by atoms with Gasteiger partial charge in [0.1, 0.15) is 5.75 Å². The Labute approximate surface area is 247 Å². The Bertz CT molecular complexity index is 1510. The van der Waals surface area contributed by atoms with Crippen LogP contribution in [0.4, 0.5) is 11.6 Å². The molecular formula is C34H38N6O2. The largest absolute Gasteiger partial charge is 0.497 e. The Morgan fingerprint density at radius 1 is 0.976 bits per heavy atom. The lowest BCUT2D eigenvalue weighted by atomic mass is 9.78. The van der Waals surface area contributed by atoms with E-state index in [2.05, 4.69) is 68.9 Å². The zero-order valence-corrected chi connectivity index (χ0v) is 24.3. The number of fused-ring (bicyclic) bond motifs is 3. The van der Waals surface area contributed by atoms with Crippen LogP contribution in [0.1, 0.15) is 39.4 Å². The number of methoxy groups -OCH3 is 1. The van der Waals surface area contributed by atoms with Gasteiger partial charge in [0.2, 0.25) is 5.95 Å². The van der Waals surface area contributed by atoms with Crippen molar-refractivity contribution in [1.29, 1.82) is 0 Å². The zero-order chi connectivity index (χ0) is 28.9. The predicted octanol–water partition coefficient (Wildman–Crippen LogP) is 5.14. The Kier molecular flexibility index (Phi) is 8.44. The third-order valence-electron chi connectivity index (χ3n) is 8.33. The molecule has 1 aliphatic heterocycles. The van der Waals surface area contributed by atoms with Crippen LogP contribution < -0.4 is 15.4 Å². The minimum absolute atomic E-state index is 0.150. The SMILES string of the molecule is COc1ccc(C(=O)Nc2ccc(C3Cc4cnc(NCCCN5CCN(C)CC5)nc4-c4ccccc43)cc2)cc1. The molecule has 1 aliphatic carbocycles. The molecule has 0 saturated carbocycles. The van der Waals surface area contributed by atoms with Crippen molar-refractivity contribution in [3.8, 4) is 17.0 Å². The minimum atomic E-state index is -0.150. The van der Waals surface area contributed by atoms with E-state index in [0.29, 0.717) is 11.5 Å². The van der Waals surface area contributed by atoms with Crippen LogP contribution in [0.25, 0.3) is 11.3 Å². The van der Waals surface area contributed by atoms with Crippen LogP contribution in [0.3, 0.4) is 0 Å². The van der Waals surface area contributed by atoms with Crippen LogP contribution in [0.15, 0.2) is 79.0 Å². The molecule has 0 radical (unpaired) electrons. The highest BCUT2D eigenvalue weighted by Crippen LogP contribution is 2.42. The quantitative estimate of drug-likeness (QED) is 0.273. The highest BCUT2D eigenvalue weighted by molar-refractivity contribution is 6.04. The third kappa shape index (κ3) is 6.30. The second-order valence-electron chi connectivity index (χ2n) is 11.1. The first-order chi connectivity index (χ1) is 20.6. The maximum Gasteiger partial charge on any atom is 0.255 e. The van der Waals surface area contributed by atoms with Crippen molar-refractivity contribution in [3.05, 3.63) is 101 Å². The summed E-state index contributed by atoms with van der Waals surface area (Å²) in [5.74, 6) is 1.45. The van der Waals surface area contributed by atoms with Gasteiger partial charge in [-0.1, -0.05) is 36.4 Å². The minimum Gasteiger partial charge on any atom is -0.497 e. The summed E-state index contributed by atoms with van der Waals surface area (Å²) < 4.78 is 5.19. The predicted molar refractivity (Wildman–Crippen MR) is 167 cm³/mol. The number of hydrogen-bond acceptors (Lipinski definition) is 7. The van der Waals surface area contributed by atoms with Crippen molar-refractivity contribution < 1.29 is 9.53 Å². The Morgan fingerprint density at radius 2 is 1.74 bits per heavy atom. The number of ether oxygens (including phenoxy) is 1. The van der Waals surface area contributed by atoms with E-state index in [0.717, 1.165) is 80.4 Å². The first-order valence-corrected chi connectivity index (χ1v) is 14.7. The number of nitrogens with one attached hydrogen (secondary N) is 2. The Balaban J connectivity index is 1.11. The average molecular weight is 563 g/mol. The summed E-state index contributed by atoms with van der Waals surface area (Å²) >= 11 is 0. The highest BCUT2D eigenvalue weighted by Gasteiger charge is 2.27. The number of carbonyl (C=O) groups excluding carboxylic acids is 1. The van der Waals surface area contributed by atoms with Crippen LogP contribution in [-0.2, 0) is 6.42 Å². The summed E-state index contributed by atoms with van der Waals surface area (Å²) in [4.78, 5) is 27.3. The molecule has 1 aromatic heterocycles. The molecule has 216 valence electrons. The zero-order valence-electron chi connectivity index (χ0n) is 24.3. The topological polar surface area (TPSA) is 82.6 Å².